The van der Waals surface area contributed by atoms with Gasteiger partial charge < -0.3 is 19.9 Å². The first kappa shape index (κ1) is 23.3. The lowest BCUT2D eigenvalue weighted by molar-refractivity contribution is 0.149. The number of likely N-dealkylation sites (N-methyl/N-ethyl adjacent to an activating group) is 2. The smallest absolute Gasteiger partial charge is 0.227 e. The summed E-state index contributed by atoms with van der Waals surface area (Å²) >= 11 is 0. The summed E-state index contributed by atoms with van der Waals surface area (Å²) in [6.07, 6.45) is 4.79. The minimum Gasteiger partial charge on any atom is -0.373 e. The summed E-state index contributed by atoms with van der Waals surface area (Å²) in [4.78, 5) is 16.8. The zero-order chi connectivity index (χ0) is 22.9. The number of anilines is 3. The zero-order valence-corrected chi connectivity index (χ0v) is 18.8. The first-order chi connectivity index (χ1) is 15.5. The van der Waals surface area contributed by atoms with Gasteiger partial charge in [0.05, 0.1) is 18.9 Å². The normalized spacial score (nSPS) is 10.9. The maximum Gasteiger partial charge on any atom is 0.227 e. The molecule has 0 spiro atoms. The van der Waals surface area contributed by atoms with Crippen LogP contribution in [-0.2, 0) is 11.3 Å². The van der Waals surface area contributed by atoms with Crippen LogP contribution in [0, 0.1) is 5.95 Å². The molecule has 0 aliphatic rings. The third kappa shape index (κ3) is 6.57. The highest BCUT2D eigenvalue weighted by atomic mass is 19.1. The number of halogens is 1. The van der Waals surface area contributed by atoms with E-state index in [0.29, 0.717) is 30.4 Å². The Morgan fingerprint density at radius 1 is 1.06 bits per heavy atom. The molecule has 3 aromatic rings. The van der Waals surface area contributed by atoms with Crippen molar-refractivity contribution >= 4 is 17.3 Å². The fourth-order valence-corrected chi connectivity index (χ4v) is 3.14. The van der Waals surface area contributed by atoms with Crippen molar-refractivity contribution in [3.8, 4) is 11.3 Å². The Balaban J connectivity index is 1.82. The van der Waals surface area contributed by atoms with Gasteiger partial charge in [0.1, 0.15) is 0 Å². The zero-order valence-electron chi connectivity index (χ0n) is 18.8. The summed E-state index contributed by atoms with van der Waals surface area (Å²) in [5.74, 6) is -0.125. The molecule has 2 heterocycles. The van der Waals surface area contributed by atoms with Crippen molar-refractivity contribution < 1.29 is 9.13 Å². The second-order valence-corrected chi connectivity index (χ2v) is 7.63. The number of nitrogens with one attached hydrogen (secondary N) is 1. The van der Waals surface area contributed by atoms with Gasteiger partial charge in [-0.05, 0) is 44.4 Å². The van der Waals surface area contributed by atoms with Crippen molar-refractivity contribution in [2.75, 3.05) is 51.1 Å². The maximum absolute atomic E-state index is 13.5. The molecule has 0 atom stereocenters. The van der Waals surface area contributed by atoms with Gasteiger partial charge in [-0.25, -0.2) is 15.0 Å². The van der Waals surface area contributed by atoms with E-state index < -0.39 is 5.95 Å². The summed E-state index contributed by atoms with van der Waals surface area (Å²) in [6.45, 7) is 6.48. The van der Waals surface area contributed by atoms with E-state index in [2.05, 4.69) is 63.9 Å². The van der Waals surface area contributed by atoms with E-state index in [1.54, 1.807) is 24.4 Å². The van der Waals surface area contributed by atoms with Gasteiger partial charge >= 0.3 is 0 Å². The summed E-state index contributed by atoms with van der Waals surface area (Å²) in [5, 5.41) is 3.24. The van der Waals surface area contributed by atoms with Crippen LogP contribution >= 0.6 is 0 Å². The van der Waals surface area contributed by atoms with Crippen molar-refractivity contribution in [1.82, 2.24) is 19.9 Å². The largest absolute Gasteiger partial charge is 0.373 e. The average Bonchev–Trinajstić information content (AvgIpc) is 2.78. The second kappa shape index (κ2) is 11.3. The molecule has 0 aliphatic carbocycles. The Hall–Kier alpha value is -3.36. The molecule has 0 amide bonds. The molecule has 1 N–H and O–H groups in total. The molecule has 0 saturated heterocycles. The molecule has 0 unspecified atom stereocenters. The molecular formula is C24H29FN6O. The lowest BCUT2D eigenvalue weighted by Gasteiger charge is -2.25. The first-order valence-electron chi connectivity index (χ1n) is 10.4. The van der Waals surface area contributed by atoms with Gasteiger partial charge in [-0.3, -0.25) is 0 Å². The van der Waals surface area contributed by atoms with E-state index in [0.717, 1.165) is 30.0 Å². The number of pyridine rings is 1. The minimum absolute atomic E-state index is 0.423. The van der Waals surface area contributed by atoms with E-state index in [1.165, 1.54) is 12.3 Å². The van der Waals surface area contributed by atoms with Gasteiger partial charge in [0.2, 0.25) is 11.9 Å². The van der Waals surface area contributed by atoms with E-state index in [4.69, 9.17) is 4.74 Å². The molecule has 0 fully saturated rings. The predicted octanol–water partition coefficient (Wildman–Crippen LogP) is 4.12. The number of nitrogens with zero attached hydrogens (tertiary/aromatic N) is 5. The van der Waals surface area contributed by atoms with Gasteiger partial charge in [0.15, 0.2) is 0 Å². The van der Waals surface area contributed by atoms with Crippen LogP contribution in [0.3, 0.4) is 0 Å². The molecule has 3 rings (SSSR count). The quantitative estimate of drug-likeness (QED) is 0.275. The Kier molecular flexibility index (Phi) is 8.24. The van der Waals surface area contributed by atoms with Gasteiger partial charge in [0, 0.05) is 61.1 Å². The lowest BCUT2D eigenvalue weighted by Crippen LogP contribution is -2.29. The molecular weight excluding hydrogens is 407 g/mol. The number of ether oxygens (including phenoxy) is 1. The van der Waals surface area contributed by atoms with Crippen LogP contribution in [0.25, 0.3) is 11.3 Å². The summed E-state index contributed by atoms with van der Waals surface area (Å²) in [6, 6.07) is 10.9. The van der Waals surface area contributed by atoms with Crippen LogP contribution < -0.4 is 10.2 Å². The van der Waals surface area contributed by atoms with Crippen LogP contribution in [-0.4, -0.2) is 60.7 Å². The van der Waals surface area contributed by atoms with E-state index in [9.17, 15) is 4.39 Å². The Bertz CT molecular complexity index is 1040. The lowest BCUT2D eigenvalue weighted by atomic mass is 10.1. The highest BCUT2D eigenvalue weighted by Gasteiger charge is 2.11. The van der Waals surface area contributed by atoms with Crippen LogP contribution in [0.1, 0.15) is 5.56 Å². The summed E-state index contributed by atoms with van der Waals surface area (Å²) in [7, 11) is 6.19. The van der Waals surface area contributed by atoms with Crippen LogP contribution in [0.4, 0.5) is 21.7 Å². The van der Waals surface area contributed by atoms with E-state index >= 15 is 0 Å². The van der Waals surface area contributed by atoms with Gasteiger partial charge in [-0.15, -0.1) is 6.58 Å². The molecule has 7 nitrogen and oxygen atoms in total. The average molecular weight is 437 g/mol. The molecule has 0 saturated carbocycles. The third-order valence-corrected chi connectivity index (χ3v) is 4.80. The van der Waals surface area contributed by atoms with Crippen LogP contribution in [0.5, 0.6) is 0 Å². The molecule has 168 valence electrons. The number of hydrogen-bond donors (Lipinski definition) is 1. The van der Waals surface area contributed by atoms with E-state index in [1.807, 2.05) is 12.1 Å². The van der Waals surface area contributed by atoms with E-state index in [-0.39, 0.29) is 0 Å². The number of rotatable bonds is 11. The van der Waals surface area contributed by atoms with Crippen LogP contribution in [0.2, 0.25) is 0 Å². The second-order valence-electron chi connectivity index (χ2n) is 7.63. The third-order valence-electron chi connectivity index (χ3n) is 4.80. The van der Waals surface area contributed by atoms with Crippen molar-refractivity contribution in [1.29, 1.82) is 0 Å². The summed E-state index contributed by atoms with van der Waals surface area (Å²) in [5.41, 5.74) is 4.23. The van der Waals surface area contributed by atoms with Gasteiger partial charge in [-0.2, -0.15) is 4.39 Å². The first-order valence-corrected chi connectivity index (χ1v) is 10.4. The standard InChI is InChI=1S/C24H29FN6O/c1-5-14-32-17-19-15-20(6-7-22(19)31(4)13-12-30(2)3)28-24-27-11-9-21(29-24)18-8-10-26-23(25)16-18/h5-11,15-16H,1,12-14,17H2,2-4H3,(H,27,28,29). The number of benzene rings is 1. The molecule has 0 radical (unpaired) electrons. The fraction of sp³-hybridized carbons (Fsp3) is 0.292. The topological polar surface area (TPSA) is 66.4 Å². The maximum atomic E-state index is 13.5. The molecule has 2 aromatic heterocycles. The Morgan fingerprint density at radius 3 is 2.62 bits per heavy atom. The molecule has 32 heavy (non-hydrogen) atoms. The van der Waals surface area contributed by atoms with Crippen molar-refractivity contribution in [2.24, 2.45) is 0 Å². The Morgan fingerprint density at radius 2 is 1.88 bits per heavy atom. The molecule has 8 heteroatoms. The number of aromatic nitrogens is 3. The van der Waals surface area contributed by atoms with Crippen molar-refractivity contribution in [2.45, 2.75) is 6.61 Å². The molecule has 1 aromatic carbocycles. The Labute approximate surface area is 188 Å². The SMILES string of the molecule is C=CCOCc1cc(Nc2nccc(-c3ccnc(F)c3)n2)ccc1N(C)CCN(C)C. The molecule has 0 bridgehead atoms. The van der Waals surface area contributed by atoms with Crippen LogP contribution in [0.15, 0.2) is 61.4 Å². The number of hydrogen-bond acceptors (Lipinski definition) is 7. The monoisotopic (exact) mass is 436 g/mol. The fourth-order valence-electron chi connectivity index (χ4n) is 3.14. The predicted molar refractivity (Wildman–Crippen MR) is 127 cm³/mol. The highest BCUT2D eigenvalue weighted by Crippen LogP contribution is 2.26. The summed E-state index contributed by atoms with van der Waals surface area (Å²) < 4.78 is 19.2. The van der Waals surface area contributed by atoms with Crippen molar-refractivity contribution in [3.05, 3.63) is 73.0 Å². The van der Waals surface area contributed by atoms with Gasteiger partial charge in [0.25, 0.3) is 0 Å². The van der Waals surface area contributed by atoms with Crippen molar-refractivity contribution in [3.63, 3.8) is 0 Å². The minimum atomic E-state index is -0.547. The van der Waals surface area contributed by atoms with Gasteiger partial charge in [-0.1, -0.05) is 6.08 Å². The molecule has 0 aliphatic heterocycles. The highest BCUT2D eigenvalue weighted by molar-refractivity contribution is 5.65.